The second-order valence-electron chi connectivity index (χ2n) is 13.0. The van der Waals surface area contributed by atoms with Crippen LogP contribution in [0.3, 0.4) is 0 Å². The number of ether oxygens (including phenoxy) is 1. The molecule has 10 heteroatoms. The molecule has 0 aliphatic carbocycles. The van der Waals surface area contributed by atoms with Crippen LogP contribution < -0.4 is 10.2 Å². The Hall–Kier alpha value is -4.64. The van der Waals surface area contributed by atoms with Crippen molar-refractivity contribution in [3.05, 3.63) is 126 Å². The predicted octanol–water partition coefficient (Wildman–Crippen LogP) is 6.80. The fourth-order valence-electron chi connectivity index (χ4n) is 7.39. The highest BCUT2D eigenvalue weighted by molar-refractivity contribution is 6.72. The molecule has 0 unspecified atom stereocenters. The second kappa shape index (κ2) is 13.5. The van der Waals surface area contributed by atoms with Gasteiger partial charge in [0.15, 0.2) is 5.60 Å². The fraction of sp³-hybridized carbons (Fsp3) is 0.289. The van der Waals surface area contributed by atoms with Gasteiger partial charge >= 0.3 is 0 Å². The number of aliphatic hydroxyl groups excluding tert-OH is 1. The molecular weight excluding hydrogens is 626 g/mol. The molecule has 1 saturated heterocycles. The maximum atomic E-state index is 16.5. The summed E-state index contributed by atoms with van der Waals surface area (Å²) in [6, 6.07) is 32.7. The Bertz CT molecular complexity index is 1790. The molecule has 2 heterocycles. The van der Waals surface area contributed by atoms with Crippen LogP contribution in [0.1, 0.15) is 34.8 Å². The maximum absolute atomic E-state index is 16.5. The van der Waals surface area contributed by atoms with Crippen molar-refractivity contribution in [3.63, 3.8) is 0 Å². The summed E-state index contributed by atoms with van der Waals surface area (Å²) in [7, 11) is -3.56. The maximum Gasteiger partial charge on any atom is 0.268 e. The first kappa shape index (κ1) is 33.3. The van der Waals surface area contributed by atoms with Gasteiger partial charge in [0.2, 0.25) is 14.3 Å². The number of rotatable bonds is 10. The minimum absolute atomic E-state index is 0.107. The first-order valence-electron chi connectivity index (χ1n) is 16.2. The Labute approximate surface area is 281 Å². The smallest absolute Gasteiger partial charge is 0.268 e. The molecule has 48 heavy (non-hydrogen) atoms. The molecule has 248 valence electrons. The molecule has 0 radical (unpaired) electrons. The van der Waals surface area contributed by atoms with E-state index in [0.29, 0.717) is 28.2 Å². The number of fused-ring (bicyclic) bond motifs is 2. The first-order chi connectivity index (χ1) is 23.0. The van der Waals surface area contributed by atoms with E-state index in [4.69, 9.17) is 4.74 Å². The zero-order valence-electron chi connectivity index (χ0n) is 27.3. The zero-order valence-corrected chi connectivity index (χ0v) is 28.3. The molecule has 2 N–H and O–H groups in total. The number of nitrogens with zero attached hydrogens (tertiary/aromatic N) is 2. The van der Waals surface area contributed by atoms with Gasteiger partial charge in [-0.05, 0) is 61.1 Å². The minimum atomic E-state index is -3.56. The van der Waals surface area contributed by atoms with Crippen LogP contribution in [0.2, 0.25) is 18.6 Å². The largest absolute Gasteiger partial charge is 0.395 e. The van der Waals surface area contributed by atoms with Crippen LogP contribution in [0.25, 0.3) is 0 Å². The van der Waals surface area contributed by atoms with E-state index >= 15 is 4.11 Å². The Morgan fingerprint density at radius 2 is 1.58 bits per heavy atom. The average molecular weight is 666 g/mol. The van der Waals surface area contributed by atoms with Gasteiger partial charge in [0, 0.05) is 47.1 Å². The molecule has 4 aromatic rings. The summed E-state index contributed by atoms with van der Waals surface area (Å²) in [6.07, 6.45) is -1.05. The number of hydrogen-bond acceptors (Lipinski definition) is 5. The lowest BCUT2D eigenvalue weighted by Gasteiger charge is -2.31. The van der Waals surface area contributed by atoms with Crippen LogP contribution in [-0.4, -0.2) is 55.4 Å². The second-order valence-corrected chi connectivity index (χ2v) is 16.8. The van der Waals surface area contributed by atoms with Gasteiger partial charge in [-0.2, -0.15) is 0 Å². The van der Waals surface area contributed by atoms with Crippen molar-refractivity contribution in [2.45, 2.75) is 50.2 Å². The zero-order chi connectivity index (χ0) is 34.1. The van der Waals surface area contributed by atoms with Crippen molar-refractivity contribution in [1.82, 2.24) is 4.90 Å². The number of carbonyl (C=O) groups is 3. The van der Waals surface area contributed by atoms with Crippen LogP contribution in [0.4, 0.5) is 21.2 Å². The molecule has 2 aliphatic heterocycles. The molecule has 4 atom stereocenters. The first-order valence-corrected chi connectivity index (χ1v) is 19.2. The summed E-state index contributed by atoms with van der Waals surface area (Å²) < 4.78 is 23.3. The van der Waals surface area contributed by atoms with E-state index in [1.54, 1.807) is 65.4 Å². The molecule has 0 saturated carbocycles. The van der Waals surface area contributed by atoms with Gasteiger partial charge in [-0.15, -0.1) is 0 Å². The van der Waals surface area contributed by atoms with Gasteiger partial charge in [-0.1, -0.05) is 73.7 Å². The summed E-state index contributed by atoms with van der Waals surface area (Å²) in [5, 5.41) is 12.7. The van der Waals surface area contributed by atoms with Gasteiger partial charge < -0.3 is 24.2 Å². The van der Waals surface area contributed by atoms with Crippen molar-refractivity contribution in [2.75, 3.05) is 23.4 Å². The lowest BCUT2D eigenvalue weighted by Crippen LogP contribution is -2.44. The van der Waals surface area contributed by atoms with Crippen molar-refractivity contribution in [2.24, 2.45) is 5.92 Å². The van der Waals surface area contributed by atoms with Gasteiger partial charge in [0.1, 0.15) is 0 Å². The Balaban J connectivity index is 1.40. The Morgan fingerprint density at radius 1 is 0.958 bits per heavy atom. The number of amides is 3. The number of para-hydroxylation sites is 1. The van der Waals surface area contributed by atoms with Gasteiger partial charge in [-0.25, -0.2) is 0 Å². The fourth-order valence-corrected chi connectivity index (χ4v) is 9.89. The van der Waals surface area contributed by atoms with Crippen LogP contribution in [0.15, 0.2) is 109 Å². The molecule has 3 amide bonds. The number of carbonyl (C=O) groups excluding carboxylic acids is 3. The molecule has 0 aromatic heterocycles. The normalized spacial score (nSPS) is 21.7. The van der Waals surface area contributed by atoms with E-state index in [0.717, 1.165) is 5.56 Å². The van der Waals surface area contributed by atoms with Crippen LogP contribution in [0, 0.1) is 5.92 Å². The van der Waals surface area contributed by atoms with Crippen molar-refractivity contribution >= 4 is 43.2 Å². The highest BCUT2D eigenvalue weighted by atomic mass is 28.4. The number of aliphatic hydroxyl groups is 1. The van der Waals surface area contributed by atoms with Crippen molar-refractivity contribution in [3.8, 4) is 0 Å². The van der Waals surface area contributed by atoms with Crippen molar-refractivity contribution in [1.29, 1.82) is 0 Å². The Kier molecular flexibility index (Phi) is 9.33. The number of nitrogens with one attached hydrogen (secondary N) is 1. The van der Waals surface area contributed by atoms with Crippen molar-refractivity contribution < 1.29 is 28.3 Å². The molecule has 6 rings (SSSR count). The third-order valence-electron chi connectivity index (χ3n) is 9.49. The quantitative estimate of drug-likeness (QED) is 0.143. The predicted molar refractivity (Wildman–Crippen MR) is 186 cm³/mol. The molecular formula is C38H40FN3O5Si. The highest BCUT2D eigenvalue weighted by Gasteiger charge is 2.67. The number of anilines is 3. The number of halogens is 1. The number of benzene rings is 4. The lowest BCUT2D eigenvalue weighted by atomic mass is 9.82. The third kappa shape index (κ3) is 6.19. The monoisotopic (exact) mass is 665 g/mol. The van der Waals surface area contributed by atoms with Crippen LogP contribution in [-0.2, 0) is 26.5 Å². The van der Waals surface area contributed by atoms with E-state index in [1.165, 1.54) is 0 Å². The SMILES string of the molecule is C[C@@H]1[C@@H]([Si](C)(C)F)[C@H](CC(=O)N(CCO)Cc2ccccc2)O[C@@]12C(=O)N(c1ccccc1)c1ccc(NC(=O)c3ccccc3)cc12. The molecule has 4 aromatic carbocycles. The molecule has 1 spiro atoms. The van der Waals surface area contributed by atoms with Gasteiger partial charge in [0.05, 0.1) is 24.8 Å². The van der Waals surface area contributed by atoms with E-state index in [2.05, 4.69) is 5.32 Å². The summed E-state index contributed by atoms with van der Waals surface area (Å²) >= 11 is 0. The standard InChI is InChI=1S/C38H40FN3O5Si/c1-26-35(48(2,3)39)33(24-34(44)41(21-22-43)25-27-13-7-4-8-14-27)47-38(26)31-23-29(40-36(45)28-15-9-5-10-16-28)19-20-32(31)42(37(38)46)30-17-11-6-12-18-30/h4-20,23,26,33,35,43H,21-22,24-25H2,1-3H3,(H,40,45)/t26-,33+,35-,38+/m1/s1. The van der Waals surface area contributed by atoms with Gasteiger partial charge in [0.25, 0.3) is 11.8 Å². The third-order valence-corrected chi connectivity index (χ3v) is 11.9. The van der Waals surface area contributed by atoms with E-state index in [-0.39, 0.29) is 43.8 Å². The van der Waals surface area contributed by atoms with E-state index in [1.807, 2.05) is 73.7 Å². The average Bonchev–Trinajstić information content (AvgIpc) is 3.51. The number of hydrogen-bond donors (Lipinski definition) is 2. The summed E-state index contributed by atoms with van der Waals surface area (Å²) in [5.41, 5.74) is 1.25. The van der Waals surface area contributed by atoms with Crippen LogP contribution >= 0.6 is 0 Å². The lowest BCUT2D eigenvalue weighted by molar-refractivity contribution is -0.149. The summed E-state index contributed by atoms with van der Waals surface area (Å²) in [5.74, 6) is -1.60. The summed E-state index contributed by atoms with van der Waals surface area (Å²) in [6.45, 7) is 5.18. The van der Waals surface area contributed by atoms with Crippen LogP contribution in [0.5, 0.6) is 0 Å². The molecule has 2 aliphatic rings. The minimum Gasteiger partial charge on any atom is -0.395 e. The molecule has 0 bridgehead atoms. The molecule has 8 nitrogen and oxygen atoms in total. The van der Waals surface area contributed by atoms with E-state index < -0.39 is 31.6 Å². The molecule has 1 fully saturated rings. The summed E-state index contributed by atoms with van der Waals surface area (Å²) in [4.78, 5) is 45.0. The topological polar surface area (TPSA) is 99.2 Å². The Morgan fingerprint density at radius 3 is 2.21 bits per heavy atom. The van der Waals surface area contributed by atoms with E-state index in [9.17, 15) is 19.5 Å². The highest BCUT2D eigenvalue weighted by Crippen LogP contribution is 2.61. The van der Waals surface area contributed by atoms with Gasteiger partial charge in [-0.3, -0.25) is 19.3 Å².